The zero-order valence-electron chi connectivity index (χ0n) is 29.5. The van der Waals surface area contributed by atoms with Crippen LogP contribution in [-0.2, 0) is 28.5 Å². The lowest BCUT2D eigenvalue weighted by Crippen LogP contribution is -2.41. The van der Waals surface area contributed by atoms with E-state index in [1.165, 1.54) is 5.56 Å². The van der Waals surface area contributed by atoms with Gasteiger partial charge in [0.25, 0.3) is 0 Å². The van der Waals surface area contributed by atoms with Crippen molar-refractivity contribution in [3.8, 4) is 17.2 Å². The molecule has 0 radical (unpaired) electrons. The van der Waals surface area contributed by atoms with Gasteiger partial charge in [0.2, 0.25) is 0 Å². The lowest BCUT2D eigenvalue weighted by molar-refractivity contribution is -0.136. The summed E-state index contributed by atoms with van der Waals surface area (Å²) in [7, 11) is 3.25. The Morgan fingerprint density at radius 2 is 1.15 bits per heavy atom. The van der Waals surface area contributed by atoms with Gasteiger partial charge in [0.1, 0.15) is 17.2 Å². The number of halogens is 3. The number of rotatable bonds is 11. The number of benzene rings is 3. The lowest BCUT2D eigenvalue weighted by Gasteiger charge is -2.36. The molecule has 0 atom stereocenters. The quantitative estimate of drug-likeness (QED) is 0.186. The van der Waals surface area contributed by atoms with Gasteiger partial charge in [0, 0.05) is 28.0 Å². The van der Waals surface area contributed by atoms with Gasteiger partial charge < -0.3 is 28.8 Å². The summed E-state index contributed by atoms with van der Waals surface area (Å²) in [6.45, 7) is 14.6. The molecule has 0 heterocycles. The Morgan fingerprint density at radius 1 is 0.783 bits per heavy atom. The summed E-state index contributed by atoms with van der Waals surface area (Å²) in [5.41, 5.74) is 3.10. The molecule has 7 nitrogen and oxygen atoms in total. The molecule has 3 rings (SSSR count). The van der Waals surface area contributed by atoms with Gasteiger partial charge in [-0.2, -0.15) is 0 Å². The zero-order valence-corrected chi connectivity index (χ0v) is 34.3. The van der Waals surface area contributed by atoms with Crippen LogP contribution in [-0.4, -0.2) is 59.0 Å². The predicted molar refractivity (Wildman–Crippen MR) is 202 cm³/mol. The van der Waals surface area contributed by atoms with E-state index in [1.807, 2.05) is 30.3 Å². The lowest BCUT2D eigenvalue weighted by atomic mass is 10.1. The second kappa shape index (κ2) is 22.6. The van der Waals surface area contributed by atoms with Gasteiger partial charge in [-0.1, -0.05) is 101 Å². The Bertz CT molecular complexity index is 1350. The summed E-state index contributed by atoms with van der Waals surface area (Å²) < 4.78 is 30.4. The molecule has 0 saturated heterocycles. The third kappa shape index (κ3) is 16.3. The Balaban J connectivity index is 0.000000667. The average Bonchev–Trinajstić information content (AvgIpc) is 3.00. The highest BCUT2D eigenvalue weighted by molar-refractivity contribution is 9.11. The molecule has 0 spiro atoms. The number of aliphatic carboxylic acids is 1. The maximum absolute atomic E-state index is 10.4. The molecule has 3 aromatic rings. The van der Waals surface area contributed by atoms with Gasteiger partial charge >= 0.3 is 5.97 Å². The van der Waals surface area contributed by atoms with Gasteiger partial charge in [-0.3, -0.25) is 4.79 Å². The van der Waals surface area contributed by atoms with Gasteiger partial charge in [-0.05, 0) is 84.1 Å². The van der Waals surface area contributed by atoms with Crippen molar-refractivity contribution in [2.45, 2.75) is 72.0 Å². The maximum atomic E-state index is 10.4. The first-order chi connectivity index (χ1) is 22.0. The van der Waals surface area contributed by atoms with Crippen LogP contribution in [0.2, 0.25) is 18.1 Å². The van der Waals surface area contributed by atoms with Crippen LogP contribution in [0.3, 0.4) is 0 Å². The van der Waals surface area contributed by atoms with Crippen LogP contribution in [0.4, 0.5) is 0 Å². The molecule has 0 aliphatic rings. The normalized spacial score (nSPS) is 10.9. The van der Waals surface area contributed by atoms with Crippen molar-refractivity contribution < 1.29 is 35.0 Å². The number of aliphatic hydroxyl groups is 1. The highest BCUT2D eigenvalue weighted by Gasteiger charge is 2.36. The van der Waals surface area contributed by atoms with Crippen LogP contribution in [0.1, 0.15) is 52.7 Å². The number of ether oxygens (including phenoxy) is 3. The van der Waals surface area contributed by atoms with Crippen LogP contribution in [0, 0.1) is 0 Å². The number of carboxylic acid groups (broad SMARTS) is 1. The van der Waals surface area contributed by atoms with Crippen molar-refractivity contribution in [1.82, 2.24) is 0 Å². The highest BCUT2D eigenvalue weighted by Crippen LogP contribution is 2.36. The standard InChI is InChI=1S/C15H25BrO2Si.C9H9BrO3.C9H11BrO2.C2H6/c1-15(2,3)19(5,6)18-10-9-12-7-8-13(17-4)11-14(12)16;1-13-7-3-2-6(4-9(11)12)8(10)5-7;1-12-8-3-2-7(4-5-11)9(10)6-8;1-2/h7-8,11H,9-10H2,1-6H3;2-3,5H,4H2,1H3,(H,11,12);2-3,6,11H,4-5H2,1H3;1-2H3/i;;;1D. The fourth-order valence-corrected chi connectivity index (χ4v) is 6.09. The van der Waals surface area contributed by atoms with E-state index in [-0.39, 0.29) is 18.1 Å². The summed E-state index contributed by atoms with van der Waals surface area (Å²) >= 11 is 10.3. The Morgan fingerprint density at radius 3 is 1.46 bits per heavy atom. The SMILES string of the molecule is COc1ccc(CC(=O)O)c(Br)c1.COc1ccc(CCO)c(Br)c1.COc1ccc(CCO[Si](C)(C)C(C)(C)C)c(Br)c1.[2H]CC. The van der Waals surface area contributed by atoms with Crippen molar-refractivity contribution in [3.05, 3.63) is 84.7 Å². The first-order valence-electron chi connectivity index (χ1n) is 15.4. The van der Waals surface area contributed by atoms with Crippen LogP contribution in [0.25, 0.3) is 0 Å². The number of carboxylic acids is 1. The molecule has 2 N–H and O–H groups in total. The maximum Gasteiger partial charge on any atom is 0.307 e. The molecule has 46 heavy (non-hydrogen) atoms. The van der Waals surface area contributed by atoms with Crippen LogP contribution in [0.5, 0.6) is 17.2 Å². The molecule has 258 valence electrons. The predicted octanol–water partition coefficient (Wildman–Crippen LogP) is 10.1. The molecule has 0 aliphatic carbocycles. The van der Waals surface area contributed by atoms with Gasteiger partial charge in [0.05, 0.1) is 27.8 Å². The first kappa shape index (κ1) is 42.1. The molecule has 3 aromatic carbocycles. The number of hydrogen-bond acceptors (Lipinski definition) is 6. The van der Waals surface area contributed by atoms with Crippen LogP contribution >= 0.6 is 47.8 Å². The molecule has 0 unspecified atom stereocenters. The minimum atomic E-state index is -1.63. The molecule has 0 aromatic heterocycles. The van der Waals surface area contributed by atoms with E-state index >= 15 is 0 Å². The van der Waals surface area contributed by atoms with E-state index in [1.54, 1.807) is 46.5 Å². The summed E-state index contributed by atoms with van der Waals surface area (Å²) in [6, 6.07) is 17.0. The van der Waals surface area contributed by atoms with E-state index in [0.717, 1.165) is 49.1 Å². The number of hydrogen-bond donors (Lipinski definition) is 2. The van der Waals surface area contributed by atoms with E-state index < -0.39 is 14.3 Å². The van der Waals surface area contributed by atoms with Crippen molar-refractivity contribution in [1.29, 1.82) is 0 Å². The third-order valence-electron chi connectivity index (χ3n) is 7.14. The number of carbonyl (C=O) groups is 1. The highest BCUT2D eigenvalue weighted by atomic mass is 79.9. The van der Waals surface area contributed by atoms with Crippen LogP contribution in [0.15, 0.2) is 68.0 Å². The molecular weight excluding hydrogens is 800 g/mol. The second-order valence-electron chi connectivity index (χ2n) is 11.3. The molecule has 0 fully saturated rings. The fourth-order valence-electron chi connectivity index (χ4n) is 3.43. The molecule has 0 bridgehead atoms. The summed E-state index contributed by atoms with van der Waals surface area (Å²) in [4.78, 5) is 10.4. The van der Waals surface area contributed by atoms with Crippen molar-refractivity contribution in [3.63, 3.8) is 0 Å². The van der Waals surface area contributed by atoms with Crippen molar-refractivity contribution in [2.24, 2.45) is 0 Å². The molecule has 0 aliphatic heterocycles. The van der Waals surface area contributed by atoms with E-state index in [9.17, 15) is 4.79 Å². The Kier molecular flexibility index (Phi) is 20.7. The summed E-state index contributed by atoms with van der Waals surface area (Å²) in [5.74, 6) is 1.57. The fraction of sp³-hybridized carbons (Fsp3) is 0.457. The van der Waals surface area contributed by atoms with Crippen LogP contribution < -0.4 is 14.2 Å². The first-order valence-corrected chi connectivity index (χ1v) is 20.0. The third-order valence-corrected chi connectivity index (χ3v) is 13.9. The molecule has 0 amide bonds. The largest absolute Gasteiger partial charge is 0.497 e. The zero-order chi connectivity index (χ0) is 36.2. The minimum Gasteiger partial charge on any atom is -0.497 e. The second-order valence-corrected chi connectivity index (χ2v) is 18.6. The van der Waals surface area contributed by atoms with E-state index in [0.29, 0.717) is 19.1 Å². The summed E-state index contributed by atoms with van der Waals surface area (Å²) in [6.07, 6.45) is 1.62. The van der Waals surface area contributed by atoms with Gasteiger partial charge in [-0.15, -0.1) is 0 Å². The van der Waals surface area contributed by atoms with E-state index in [2.05, 4.69) is 87.7 Å². The molecule has 0 saturated carbocycles. The smallest absolute Gasteiger partial charge is 0.307 e. The van der Waals surface area contributed by atoms with Crippen molar-refractivity contribution in [2.75, 3.05) is 34.5 Å². The molecule has 11 heteroatoms. The van der Waals surface area contributed by atoms with Crippen molar-refractivity contribution >= 4 is 62.1 Å². The number of aliphatic hydroxyl groups excluding tert-OH is 1. The average molecular weight is 853 g/mol. The number of methoxy groups -OCH3 is 3. The Hall–Kier alpha value is -1.89. The van der Waals surface area contributed by atoms with Gasteiger partial charge in [0.15, 0.2) is 8.32 Å². The monoisotopic (exact) mass is 849 g/mol. The topological polar surface area (TPSA) is 94.5 Å². The van der Waals surface area contributed by atoms with E-state index in [4.69, 9.17) is 30.2 Å². The van der Waals surface area contributed by atoms with Gasteiger partial charge in [-0.25, -0.2) is 0 Å². The summed E-state index contributed by atoms with van der Waals surface area (Å²) in [5, 5.41) is 17.6. The Labute approximate surface area is 303 Å². The minimum absolute atomic E-state index is 0.0184. The molecular formula is C35H51Br3O7Si.